The Morgan fingerprint density at radius 2 is 1.76 bits per heavy atom. The van der Waals surface area contributed by atoms with E-state index in [0.717, 1.165) is 32.4 Å². The van der Waals surface area contributed by atoms with Gasteiger partial charge in [-0.1, -0.05) is 12.2 Å². The van der Waals surface area contributed by atoms with Crippen molar-refractivity contribution >= 4 is 11.9 Å². The summed E-state index contributed by atoms with van der Waals surface area (Å²) in [5.74, 6) is -0.986. The Labute approximate surface area is 101 Å². The lowest BCUT2D eigenvalue weighted by molar-refractivity contribution is -0.141. The maximum atomic E-state index is 12.2. The van der Waals surface area contributed by atoms with Crippen LogP contribution in [0.2, 0.25) is 0 Å². The molecule has 1 saturated heterocycles. The van der Waals surface area contributed by atoms with Crippen LogP contribution in [0.3, 0.4) is 0 Å². The van der Waals surface area contributed by atoms with E-state index in [1.165, 1.54) is 5.57 Å². The third-order valence-corrected chi connectivity index (χ3v) is 3.91. The van der Waals surface area contributed by atoms with Gasteiger partial charge in [0, 0.05) is 19.0 Å². The summed E-state index contributed by atoms with van der Waals surface area (Å²) < 4.78 is 0. The van der Waals surface area contributed by atoms with Crippen molar-refractivity contribution in [1.29, 1.82) is 0 Å². The second-order valence-corrected chi connectivity index (χ2v) is 5.12. The molecule has 0 aromatic carbocycles. The highest BCUT2D eigenvalue weighted by molar-refractivity contribution is 5.81. The van der Waals surface area contributed by atoms with Crippen molar-refractivity contribution in [2.75, 3.05) is 13.1 Å². The van der Waals surface area contributed by atoms with E-state index in [4.69, 9.17) is 5.11 Å². The summed E-state index contributed by atoms with van der Waals surface area (Å²) in [7, 11) is 0. The van der Waals surface area contributed by atoms with Gasteiger partial charge in [-0.3, -0.25) is 9.59 Å². The first-order valence-electron chi connectivity index (χ1n) is 6.26. The molecule has 94 valence electrons. The number of carboxylic acid groups (broad SMARTS) is 1. The Morgan fingerprint density at radius 1 is 1.18 bits per heavy atom. The largest absolute Gasteiger partial charge is 0.481 e. The Kier molecular flexibility index (Phi) is 3.50. The molecule has 1 aliphatic carbocycles. The number of piperidine rings is 1. The lowest BCUT2D eigenvalue weighted by atomic mass is 10.0. The van der Waals surface area contributed by atoms with Crippen LogP contribution < -0.4 is 0 Å². The van der Waals surface area contributed by atoms with Gasteiger partial charge in [0.1, 0.15) is 0 Å². The van der Waals surface area contributed by atoms with Crippen LogP contribution in [0.25, 0.3) is 0 Å². The molecule has 2 atom stereocenters. The van der Waals surface area contributed by atoms with Crippen molar-refractivity contribution in [1.82, 2.24) is 4.90 Å². The Balaban J connectivity index is 1.89. The molecule has 4 nitrogen and oxygen atoms in total. The highest BCUT2D eigenvalue weighted by Gasteiger charge is 2.36. The third kappa shape index (κ3) is 2.68. The fraction of sp³-hybridized carbons (Fsp3) is 0.692. The molecule has 1 saturated carbocycles. The molecule has 0 aromatic heterocycles. The predicted octanol–water partition coefficient (Wildman–Crippen LogP) is 1.67. The normalized spacial score (nSPS) is 29.4. The second kappa shape index (κ2) is 4.90. The fourth-order valence-electron chi connectivity index (χ4n) is 2.73. The van der Waals surface area contributed by atoms with Crippen LogP contribution >= 0.6 is 0 Å². The van der Waals surface area contributed by atoms with Gasteiger partial charge in [0.2, 0.25) is 5.91 Å². The zero-order valence-corrected chi connectivity index (χ0v) is 10.0. The van der Waals surface area contributed by atoms with E-state index in [0.29, 0.717) is 12.8 Å². The molecule has 0 aromatic rings. The molecular weight excluding hydrogens is 218 g/mol. The zero-order chi connectivity index (χ0) is 12.4. The molecule has 1 aliphatic heterocycles. The van der Waals surface area contributed by atoms with Gasteiger partial charge in [-0.15, -0.1) is 0 Å². The van der Waals surface area contributed by atoms with Crippen LogP contribution in [0.15, 0.2) is 12.2 Å². The number of hydrogen-bond acceptors (Lipinski definition) is 2. The second-order valence-electron chi connectivity index (χ2n) is 5.12. The topological polar surface area (TPSA) is 57.6 Å². The number of nitrogens with zero attached hydrogens (tertiary/aromatic N) is 1. The van der Waals surface area contributed by atoms with Crippen LogP contribution in [-0.2, 0) is 9.59 Å². The molecule has 1 N–H and O–H groups in total. The quantitative estimate of drug-likeness (QED) is 0.743. The minimum absolute atomic E-state index is 0.0672. The number of carbonyl (C=O) groups is 2. The number of likely N-dealkylation sites (tertiary alicyclic amines) is 1. The van der Waals surface area contributed by atoms with Gasteiger partial charge in [-0.25, -0.2) is 0 Å². The fourth-order valence-corrected chi connectivity index (χ4v) is 2.73. The van der Waals surface area contributed by atoms with E-state index < -0.39 is 5.97 Å². The summed E-state index contributed by atoms with van der Waals surface area (Å²) in [5.41, 5.74) is 1.21. The van der Waals surface area contributed by atoms with Crippen molar-refractivity contribution in [3.05, 3.63) is 12.2 Å². The molecule has 4 heteroatoms. The average Bonchev–Trinajstić information content (AvgIpc) is 2.78. The van der Waals surface area contributed by atoms with Crippen molar-refractivity contribution in [2.45, 2.75) is 32.1 Å². The first-order valence-corrected chi connectivity index (χ1v) is 6.26. The molecule has 2 rings (SSSR count). The zero-order valence-electron chi connectivity index (χ0n) is 10.0. The highest BCUT2D eigenvalue weighted by Crippen LogP contribution is 2.33. The van der Waals surface area contributed by atoms with E-state index >= 15 is 0 Å². The maximum absolute atomic E-state index is 12.2. The van der Waals surface area contributed by atoms with Gasteiger partial charge in [0.05, 0.1) is 5.92 Å². The van der Waals surface area contributed by atoms with Crippen LogP contribution in [0.5, 0.6) is 0 Å². The molecule has 2 aliphatic rings. The van der Waals surface area contributed by atoms with Gasteiger partial charge >= 0.3 is 5.97 Å². The van der Waals surface area contributed by atoms with Gasteiger partial charge in [0.15, 0.2) is 0 Å². The summed E-state index contributed by atoms with van der Waals surface area (Å²) >= 11 is 0. The molecule has 0 spiro atoms. The number of rotatable bonds is 2. The predicted molar refractivity (Wildman–Crippen MR) is 63.4 cm³/mol. The summed E-state index contributed by atoms with van der Waals surface area (Å²) in [5, 5.41) is 8.92. The van der Waals surface area contributed by atoms with Crippen molar-refractivity contribution in [2.24, 2.45) is 11.8 Å². The smallest absolute Gasteiger partial charge is 0.306 e. The summed E-state index contributed by atoms with van der Waals surface area (Å²) in [6.07, 6.45) is 3.67. The first kappa shape index (κ1) is 12.1. The molecule has 1 heterocycles. The number of carbonyl (C=O) groups excluding carboxylic acids is 1. The standard InChI is InChI=1S/C13H19NO3/c1-9-4-6-14(7-5-9)12(15)10-2-3-11(8-10)13(16)17/h10-11H,1-8H2,(H,16,17)/t10-,11+/m0/s1. The summed E-state index contributed by atoms with van der Waals surface area (Å²) in [6.45, 7) is 5.44. The number of aliphatic carboxylic acids is 1. The van der Waals surface area contributed by atoms with Crippen LogP contribution in [0.1, 0.15) is 32.1 Å². The number of amides is 1. The molecule has 0 bridgehead atoms. The van der Waals surface area contributed by atoms with Crippen molar-refractivity contribution < 1.29 is 14.7 Å². The number of hydrogen-bond donors (Lipinski definition) is 1. The molecular formula is C13H19NO3. The van der Waals surface area contributed by atoms with E-state index in [2.05, 4.69) is 6.58 Å². The Hall–Kier alpha value is -1.32. The summed E-state index contributed by atoms with van der Waals surface area (Å²) in [6, 6.07) is 0. The Bertz CT molecular complexity index is 341. The SMILES string of the molecule is C=C1CCN(C(=O)[C@H]2CC[C@@H](C(=O)O)C2)CC1. The van der Waals surface area contributed by atoms with Crippen molar-refractivity contribution in [3.8, 4) is 0 Å². The van der Waals surface area contributed by atoms with Gasteiger partial charge in [0.25, 0.3) is 0 Å². The monoisotopic (exact) mass is 237 g/mol. The molecule has 0 radical (unpaired) electrons. The average molecular weight is 237 g/mol. The molecule has 17 heavy (non-hydrogen) atoms. The van der Waals surface area contributed by atoms with Gasteiger partial charge < -0.3 is 10.0 Å². The van der Waals surface area contributed by atoms with E-state index in [1.54, 1.807) is 0 Å². The first-order chi connectivity index (χ1) is 8.08. The van der Waals surface area contributed by atoms with E-state index in [1.807, 2.05) is 4.90 Å². The lowest BCUT2D eigenvalue weighted by Crippen LogP contribution is -2.39. The third-order valence-electron chi connectivity index (χ3n) is 3.91. The Morgan fingerprint density at radius 3 is 2.29 bits per heavy atom. The molecule has 1 amide bonds. The molecule has 0 unspecified atom stereocenters. The lowest BCUT2D eigenvalue weighted by Gasteiger charge is -2.30. The minimum atomic E-state index is -0.757. The number of carboxylic acids is 1. The van der Waals surface area contributed by atoms with Crippen molar-refractivity contribution in [3.63, 3.8) is 0 Å². The van der Waals surface area contributed by atoms with Crippen LogP contribution in [0, 0.1) is 11.8 Å². The highest BCUT2D eigenvalue weighted by atomic mass is 16.4. The summed E-state index contributed by atoms with van der Waals surface area (Å²) in [4.78, 5) is 24.9. The van der Waals surface area contributed by atoms with Crippen LogP contribution in [-0.4, -0.2) is 35.0 Å². The maximum Gasteiger partial charge on any atom is 0.306 e. The van der Waals surface area contributed by atoms with E-state index in [9.17, 15) is 9.59 Å². The van der Waals surface area contributed by atoms with Gasteiger partial charge in [-0.05, 0) is 32.1 Å². The molecule has 2 fully saturated rings. The van der Waals surface area contributed by atoms with Crippen LogP contribution in [0.4, 0.5) is 0 Å². The minimum Gasteiger partial charge on any atom is -0.481 e. The van der Waals surface area contributed by atoms with Gasteiger partial charge in [-0.2, -0.15) is 0 Å². The van der Waals surface area contributed by atoms with E-state index in [-0.39, 0.29) is 17.7 Å².